The Bertz CT molecular complexity index is 287. The Kier molecular flexibility index (Phi) is 3.21. The van der Waals surface area contributed by atoms with E-state index in [1.54, 1.807) is 0 Å². The first kappa shape index (κ1) is 10.1. The van der Waals surface area contributed by atoms with E-state index in [4.69, 9.17) is 5.73 Å². The van der Waals surface area contributed by atoms with Crippen molar-refractivity contribution >= 4 is 11.3 Å². The maximum atomic E-state index is 5.87. The second-order valence-electron chi connectivity index (χ2n) is 4.13. The maximum absolute atomic E-state index is 5.87. The zero-order chi connectivity index (χ0) is 9.97. The van der Waals surface area contributed by atoms with Crippen LogP contribution in [0.5, 0.6) is 0 Å². The van der Waals surface area contributed by atoms with Gasteiger partial charge in [-0.25, -0.2) is 0 Å². The lowest BCUT2D eigenvalue weighted by molar-refractivity contribution is 0.207. The van der Waals surface area contributed by atoms with Gasteiger partial charge in [-0.2, -0.15) is 0 Å². The molecule has 2 rings (SSSR count). The van der Waals surface area contributed by atoms with Crippen molar-refractivity contribution in [3.05, 3.63) is 21.9 Å². The van der Waals surface area contributed by atoms with Gasteiger partial charge < -0.3 is 5.73 Å². The summed E-state index contributed by atoms with van der Waals surface area (Å²) >= 11 is 1.91. The fraction of sp³-hybridized carbons (Fsp3) is 0.636. The number of hydrogen-bond acceptors (Lipinski definition) is 3. The first-order chi connectivity index (χ1) is 6.74. The number of thiophene rings is 1. The Balaban J connectivity index is 1.86. The minimum absolute atomic E-state index is 0.441. The van der Waals surface area contributed by atoms with Gasteiger partial charge in [-0.1, -0.05) is 0 Å². The summed E-state index contributed by atoms with van der Waals surface area (Å²) < 4.78 is 0. The highest BCUT2D eigenvalue weighted by molar-refractivity contribution is 7.11. The van der Waals surface area contributed by atoms with E-state index in [-0.39, 0.29) is 0 Å². The first-order valence-corrected chi connectivity index (χ1v) is 6.09. The molecule has 1 aromatic rings. The summed E-state index contributed by atoms with van der Waals surface area (Å²) in [6.45, 7) is 5.61. The lowest BCUT2D eigenvalue weighted by Crippen LogP contribution is -2.39. The molecule has 2 heterocycles. The van der Waals surface area contributed by atoms with Crippen molar-refractivity contribution in [2.24, 2.45) is 5.73 Å². The Labute approximate surface area is 89.7 Å². The molecule has 0 aliphatic carbocycles. The molecule has 0 bridgehead atoms. The van der Waals surface area contributed by atoms with Gasteiger partial charge in [0.1, 0.15) is 0 Å². The smallest absolute Gasteiger partial charge is 0.0328 e. The summed E-state index contributed by atoms with van der Waals surface area (Å²) in [5.41, 5.74) is 5.87. The normalized spacial score (nSPS) is 20.1. The minimum atomic E-state index is 0.441. The van der Waals surface area contributed by atoms with Crippen LogP contribution >= 0.6 is 11.3 Å². The number of piperidine rings is 1. The quantitative estimate of drug-likeness (QED) is 0.809. The number of nitrogens with two attached hydrogens (primary N) is 1. The van der Waals surface area contributed by atoms with E-state index in [9.17, 15) is 0 Å². The third-order valence-electron chi connectivity index (χ3n) is 2.81. The van der Waals surface area contributed by atoms with Crippen molar-refractivity contribution in [1.29, 1.82) is 0 Å². The van der Waals surface area contributed by atoms with Crippen LogP contribution < -0.4 is 5.73 Å². The van der Waals surface area contributed by atoms with Gasteiger partial charge in [-0.15, -0.1) is 11.3 Å². The third-order valence-corrected chi connectivity index (χ3v) is 3.79. The number of nitrogens with zero attached hydrogens (tertiary/aromatic N) is 1. The van der Waals surface area contributed by atoms with Crippen molar-refractivity contribution in [3.8, 4) is 0 Å². The predicted octanol–water partition coefficient (Wildman–Crippen LogP) is 1.98. The van der Waals surface area contributed by atoms with E-state index in [0.717, 1.165) is 32.5 Å². The number of rotatable bonds is 2. The van der Waals surface area contributed by atoms with Crippen molar-refractivity contribution in [3.63, 3.8) is 0 Å². The highest BCUT2D eigenvalue weighted by atomic mass is 32.1. The van der Waals surface area contributed by atoms with Crippen molar-refractivity contribution in [2.45, 2.75) is 32.4 Å². The molecule has 0 saturated carbocycles. The van der Waals surface area contributed by atoms with Gasteiger partial charge >= 0.3 is 0 Å². The Morgan fingerprint density at radius 3 is 2.71 bits per heavy atom. The van der Waals surface area contributed by atoms with Crippen LogP contribution in [0.15, 0.2) is 12.1 Å². The van der Waals surface area contributed by atoms with Crippen LogP contribution in [-0.2, 0) is 6.54 Å². The third kappa shape index (κ3) is 2.56. The van der Waals surface area contributed by atoms with Crippen LogP contribution in [0.3, 0.4) is 0 Å². The molecule has 0 spiro atoms. The van der Waals surface area contributed by atoms with Crippen molar-refractivity contribution in [1.82, 2.24) is 4.90 Å². The molecule has 0 unspecified atom stereocenters. The van der Waals surface area contributed by atoms with Gasteiger partial charge in [0.2, 0.25) is 0 Å². The monoisotopic (exact) mass is 210 g/mol. The molecule has 0 radical (unpaired) electrons. The van der Waals surface area contributed by atoms with E-state index in [0.29, 0.717) is 6.04 Å². The average molecular weight is 210 g/mol. The Morgan fingerprint density at radius 2 is 2.14 bits per heavy atom. The minimum Gasteiger partial charge on any atom is -0.328 e. The first-order valence-electron chi connectivity index (χ1n) is 5.27. The second kappa shape index (κ2) is 4.43. The maximum Gasteiger partial charge on any atom is 0.0328 e. The van der Waals surface area contributed by atoms with E-state index in [2.05, 4.69) is 24.0 Å². The number of likely N-dealkylation sites (tertiary alicyclic amines) is 1. The molecule has 0 atom stereocenters. The molecule has 14 heavy (non-hydrogen) atoms. The van der Waals surface area contributed by atoms with E-state index >= 15 is 0 Å². The standard InChI is InChI=1S/C11H18N2S/c1-9-2-3-11(14-9)8-13-6-4-10(12)5-7-13/h2-3,10H,4-8,12H2,1H3. The average Bonchev–Trinajstić information content (AvgIpc) is 2.56. The van der Waals surface area contributed by atoms with Crippen molar-refractivity contribution in [2.75, 3.05) is 13.1 Å². The van der Waals surface area contributed by atoms with Gasteiger partial charge in [0.05, 0.1) is 0 Å². The summed E-state index contributed by atoms with van der Waals surface area (Å²) in [4.78, 5) is 5.40. The van der Waals surface area contributed by atoms with Crippen LogP contribution in [0, 0.1) is 6.92 Å². The van der Waals surface area contributed by atoms with E-state index < -0.39 is 0 Å². The molecule has 1 aliphatic rings. The molecule has 0 aromatic carbocycles. The summed E-state index contributed by atoms with van der Waals surface area (Å²) in [5, 5.41) is 0. The molecule has 2 N–H and O–H groups in total. The molecule has 2 nitrogen and oxygen atoms in total. The fourth-order valence-electron chi connectivity index (χ4n) is 1.90. The largest absolute Gasteiger partial charge is 0.328 e. The highest BCUT2D eigenvalue weighted by Crippen LogP contribution is 2.19. The molecule has 1 saturated heterocycles. The molecule has 78 valence electrons. The second-order valence-corrected chi connectivity index (χ2v) is 5.50. The summed E-state index contributed by atoms with van der Waals surface area (Å²) in [7, 11) is 0. The predicted molar refractivity (Wildman–Crippen MR) is 61.5 cm³/mol. The molecular weight excluding hydrogens is 192 g/mol. The van der Waals surface area contributed by atoms with Crippen molar-refractivity contribution < 1.29 is 0 Å². The fourth-order valence-corrected chi connectivity index (χ4v) is 2.83. The zero-order valence-electron chi connectivity index (χ0n) is 8.70. The molecule has 3 heteroatoms. The van der Waals surface area contributed by atoms with Gasteiger partial charge in [-0.05, 0) is 45.0 Å². The highest BCUT2D eigenvalue weighted by Gasteiger charge is 2.16. The summed E-state index contributed by atoms with van der Waals surface area (Å²) in [6.07, 6.45) is 2.31. The molecule has 1 fully saturated rings. The van der Waals surface area contributed by atoms with Crippen LogP contribution in [-0.4, -0.2) is 24.0 Å². The topological polar surface area (TPSA) is 29.3 Å². The number of aryl methyl sites for hydroxylation is 1. The molecule has 0 amide bonds. The molecule has 1 aromatic heterocycles. The van der Waals surface area contributed by atoms with Gasteiger partial charge in [0.25, 0.3) is 0 Å². The summed E-state index contributed by atoms with van der Waals surface area (Å²) in [5.74, 6) is 0. The summed E-state index contributed by atoms with van der Waals surface area (Å²) in [6, 6.07) is 4.89. The van der Waals surface area contributed by atoms with E-state index in [1.165, 1.54) is 9.75 Å². The lowest BCUT2D eigenvalue weighted by Gasteiger charge is -2.29. The molecular formula is C11H18N2S. The zero-order valence-corrected chi connectivity index (χ0v) is 9.52. The Hall–Kier alpha value is -0.380. The van der Waals surface area contributed by atoms with Gasteiger partial charge in [0.15, 0.2) is 0 Å². The SMILES string of the molecule is Cc1ccc(CN2CCC(N)CC2)s1. The van der Waals surface area contributed by atoms with Gasteiger partial charge in [-0.3, -0.25) is 4.90 Å². The van der Waals surface area contributed by atoms with Gasteiger partial charge in [0, 0.05) is 22.3 Å². The Morgan fingerprint density at radius 1 is 1.43 bits per heavy atom. The van der Waals surface area contributed by atoms with Crippen LogP contribution in [0.4, 0.5) is 0 Å². The number of hydrogen-bond donors (Lipinski definition) is 1. The van der Waals surface area contributed by atoms with Crippen LogP contribution in [0.1, 0.15) is 22.6 Å². The lowest BCUT2D eigenvalue weighted by atomic mass is 10.1. The van der Waals surface area contributed by atoms with Crippen LogP contribution in [0.25, 0.3) is 0 Å². The molecule has 1 aliphatic heterocycles. The van der Waals surface area contributed by atoms with E-state index in [1.807, 2.05) is 11.3 Å². The van der Waals surface area contributed by atoms with Crippen LogP contribution in [0.2, 0.25) is 0 Å².